The van der Waals surface area contributed by atoms with Crippen LogP contribution < -0.4 is 5.73 Å². The minimum Gasteiger partial charge on any atom is -0.325 e. The van der Waals surface area contributed by atoms with Crippen molar-refractivity contribution >= 4 is 0 Å². The van der Waals surface area contributed by atoms with Gasteiger partial charge in [0.2, 0.25) is 0 Å². The van der Waals surface area contributed by atoms with Gasteiger partial charge in [-0.2, -0.15) is 13.2 Å². The van der Waals surface area contributed by atoms with Crippen LogP contribution in [-0.4, -0.2) is 5.54 Å². The Hall–Kier alpha value is -1.03. The minimum atomic E-state index is -4.32. The van der Waals surface area contributed by atoms with Gasteiger partial charge in [-0.25, -0.2) is 0 Å². The Morgan fingerprint density at radius 2 is 1.71 bits per heavy atom. The number of hydrogen-bond acceptors (Lipinski definition) is 1. The average Bonchev–Trinajstić information content (AvgIpc) is 2.15. The van der Waals surface area contributed by atoms with E-state index in [-0.39, 0.29) is 17.9 Å². The van der Waals surface area contributed by atoms with E-state index >= 15 is 0 Å². The predicted octanol–water partition coefficient (Wildman–Crippen LogP) is 3.62. The van der Waals surface area contributed by atoms with Crippen LogP contribution in [0.25, 0.3) is 0 Å². The van der Waals surface area contributed by atoms with Gasteiger partial charge in [0.25, 0.3) is 0 Å². The lowest BCUT2D eigenvalue weighted by atomic mass is 9.82. The van der Waals surface area contributed by atoms with Gasteiger partial charge in [0.15, 0.2) is 0 Å². The van der Waals surface area contributed by atoms with Crippen molar-refractivity contribution in [2.24, 2.45) is 11.7 Å². The fourth-order valence-corrected chi connectivity index (χ4v) is 1.57. The van der Waals surface area contributed by atoms with Crippen LogP contribution in [0.4, 0.5) is 13.2 Å². The van der Waals surface area contributed by atoms with Crippen molar-refractivity contribution in [3.05, 3.63) is 35.4 Å². The minimum absolute atomic E-state index is 0.115. The summed E-state index contributed by atoms with van der Waals surface area (Å²) in [7, 11) is 0. The molecule has 1 nitrogen and oxygen atoms in total. The Morgan fingerprint density at radius 1 is 1.18 bits per heavy atom. The molecule has 1 aromatic carbocycles. The molecule has 0 bridgehead atoms. The summed E-state index contributed by atoms with van der Waals surface area (Å²) in [5.41, 5.74) is 5.08. The Labute approximate surface area is 99.8 Å². The highest BCUT2D eigenvalue weighted by Crippen LogP contribution is 2.33. The molecule has 0 saturated carbocycles. The van der Waals surface area contributed by atoms with Crippen LogP contribution in [-0.2, 0) is 12.6 Å². The first kappa shape index (κ1) is 14.0. The third-order valence-corrected chi connectivity index (χ3v) is 3.21. The van der Waals surface area contributed by atoms with Crippen LogP contribution in [0.5, 0.6) is 0 Å². The first-order valence-corrected chi connectivity index (χ1v) is 5.58. The van der Waals surface area contributed by atoms with Crippen LogP contribution >= 0.6 is 0 Å². The molecule has 0 fully saturated rings. The highest BCUT2D eigenvalue weighted by Gasteiger charge is 2.35. The molecule has 1 unspecified atom stereocenters. The van der Waals surface area contributed by atoms with Crippen molar-refractivity contribution in [2.45, 2.75) is 38.9 Å². The average molecular weight is 245 g/mol. The molecular weight excluding hydrogens is 227 g/mol. The van der Waals surface area contributed by atoms with E-state index in [0.717, 1.165) is 6.07 Å². The Balaban J connectivity index is 3.08. The summed E-state index contributed by atoms with van der Waals surface area (Å²) in [6, 6.07) is 5.61. The number of alkyl halides is 3. The van der Waals surface area contributed by atoms with Crippen LogP contribution in [0.2, 0.25) is 0 Å². The summed E-state index contributed by atoms with van der Waals surface area (Å²) in [4.78, 5) is 0. The molecular formula is C13H18F3N. The van der Waals surface area contributed by atoms with Crippen LogP contribution in [0.15, 0.2) is 24.3 Å². The molecule has 1 atom stereocenters. The quantitative estimate of drug-likeness (QED) is 0.864. The molecule has 0 heterocycles. The third-order valence-electron chi connectivity index (χ3n) is 3.21. The zero-order valence-electron chi connectivity index (χ0n) is 10.3. The zero-order chi connectivity index (χ0) is 13.3. The zero-order valence-corrected chi connectivity index (χ0v) is 10.3. The summed E-state index contributed by atoms with van der Waals surface area (Å²) < 4.78 is 38.4. The van der Waals surface area contributed by atoms with E-state index in [0.29, 0.717) is 0 Å². The first-order chi connectivity index (χ1) is 7.64. The van der Waals surface area contributed by atoms with Crippen LogP contribution in [0.3, 0.4) is 0 Å². The van der Waals surface area contributed by atoms with Crippen molar-refractivity contribution in [3.8, 4) is 0 Å². The second-order valence-electron chi connectivity index (χ2n) is 4.99. The van der Waals surface area contributed by atoms with E-state index in [1.54, 1.807) is 13.0 Å². The largest absolute Gasteiger partial charge is 0.416 e. The number of hydrogen-bond donors (Lipinski definition) is 1. The Bertz CT molecular complexity index is 380. The Kier molecular flexibility index (Phi) is 3.87. The SMILES string of the molecule is CC(C)C(C)(N)Cc1ccccc1C(F)(F)F. The van der Waals surface area contributed by atoms with Crippen molar-refractivity contribution in [1.82, 2.24) is 0 Å². The lowest BCUT2D eigenvalue weighted by Crippen LogP contribution is -2.44. The molecule has 0 aromatic heterocycles. The van der Waals surface area contributed by atoms with Crippen molar-refractivity contribution in [1.29, 1.82) is 0 Å². The summed E-state index contributed by atoms with van der Waals surface area (Å²) in [5, 5.41) is 0. The molecule has 2 N–H and O–H groups in total. The second kappa shape index (κ2) is 4.69. The van der Waals surface area contributed by atoms with Crippen LogP contribution in [0.1, 0.15) is 31.9 Å². The lowest BCUT2D eigenvalue weighted by molar-refractivity contribution is -0.138. The fraction of sp³-hybridized carbons (Fsp3) is 0.538. The molecule has 0 spiro atoms. The number of rotatable bonds is 3. The summed E-state index contributed by atoms with van der Waals surface area (Å²) in [6.45, 7) is 5.61. The molecule has 0 aliphatic rings. The monoisotopic (exact) mass is 245 g/mol. The van der Waals surface area contributed by atoms with Gasteiger partial charge in [-0.05, 0) is 30.9 Å². The topological polar surface area (TPSA) is 26.0 Å². The van der Waals surface area contributed by atoms with E-state index in [1.165, 1.54) is 12.1 Å². The van der Waals surface area contributed by atoms with Gasteiger partial charge >= 0.3 is 6.18 Å². The van der Waals surface area contributed by atoms with Gasteiger partial charge in [-0.3, -0.25) is 0 Å². The third kappa shape index (κ3) is 3.46. The standard InChI is InChI=1S/C13H18F3N/c1-9(2)12(3,17)8-10-6-4-5-7-11(10)13(14,15)16/h4-7,9H,8,17H2,1-3H3. The van der Waals surface area contributed by atoms with Crippen LogP contribution in [0, 0.1) is 5.92 Å². The van der Waals surface area contributed by atoms with Gasteiger partial charge in [0, 0.05) is 5.54 Å². The number of nitrogens with two attached hydrogens (primary N) is 1. The van der Waals surface area contributed by atoms with E-state index in [9.17, 15) is 13.2 Å². The van der Waals surface area contributed by atoms with Gasteiger partial charge < -0.3 is 5.73 Å². The molecule has 1 aromatic rings. The number of halogens is 3. The number of benzene rings is 1. The van der Waals surface area contributed by atoms with E-state index in [1.807, 2.05) is 13.8 Å². The fourth-order valence-electron chi connectivity index (χ4n) is 1.57. The molecule has 1 rings (SSSR count). The van der Waals surface area contributed by atoms with Crippen molar-refractivity contribution in [3.63, 3.8) is 0 Å². The first-order valence-electron chi connectivity index (χ1n) is 5.58. The van der Waals surface area contributed by atoms with Gasteiger partial charge in [0.05, 0.1) is 5.56 Å². The van der Waals surface area contributed by atoms with E-state index in [2.05, 4.69) is 0 Å². The molecule has 0 aliphatic heterocycles. The van der Waals surface area contributed by atoms with Gasteiger partial charge in [-0.15, -0.1) is 0 Å². The highest BCUT2D eigenvalue weighted by atomic mass is 19.4. The van der Waals surface area contributed by atoms with Gasteiger partial charge in [0.1, 0.15) is 0 Å². The summed E-state index contributed by atoms with van der Waals surface area (Å²) >= 11 is 0. The molecule has 0 radical (unpaired) electrons. The maximum absolute atomic E-state index is 12.8. The Morgan fingerprint density at radius 3 is 2.18 bits per heavy atom. The van der Waals surface area contributed by atoms with Crippen molar-refractivity contribution < 1.29 is 13.2 Å². The summed E-state index contributed by atoms with van der Waals surface area (Å²) in [6.07, 6.45) is -4.09. The normalized spacial score (nSPS) is 16.0. The molecule has 4 heteroatoms. The van der Waals surface area contributed by atoms with E-state index in [4.69, 9.17) is 5.73 Å². The highest BCUT2D eigenvalue weighted by molar-refractivity contribution is 5.31. The van der Waals surface area contributed by atoms with Crippen molar-refractivity contribution in [2.75, 3.05) is 0 Å². The van der Waals surface area contributed by atoms with E-state index < -0.39 is 17.3 Å². The smallest absolute Gasteiger partial charge is 0.325 e. The summed E-state index contributed by atoms with van der Waals surface area (Å²) in [5.74, 6) is 0.115. The maximum Gasteiger partial charge on any atom is 0.416 e. The van der Waals surface area contributed by atoms with Gasteiger partial charge in [-0.1, -0.05) is 32.0 Å². The molecule has 0 amide bonds. The second-order valence-corrected chi connectivity index (χ2v) is 4.99. The predicted molar refractivity (Wildman–Crippen MR) is 62.6 cm³/mol. The maximum atomic E-state index is 12.8. The molecule has 0 saturated heterocycles. The molecule has 96 valence electrons. The molecule has 17 heavy (non-hydrogen) atoms. The lowest BCUT2D eigenvalue weighted by Gasteiger charge is -2.30. The molecule has 0 aliphatic carbocycles.